The van der Waals surface area contributed by atoms with Crippen LogP contribution in [0, 0.1) is 12.7 Å². The highest BCUT2D eigenvalue weighted by Crippen LogP contribution is 2.31. The molecule has 8 heteroatoms. The molecule has 0 atom stereocenters. The Morgan fingerprint density at radius 2 is 2.00 bits per heavy atom. The zero-order chi connectivity index (χ0) is 18.4. The third-order valence-electron chi connectivity index (χ3n) is 4.28. The van der Waals surface area contributed by atoms with E-state index >= 15 is 0 Å². The van der Waals surface area contributed by atoms with E-state index in [0.717, 1.165) is 5.56 Å². The third-order valence-corrected chi connectivity index (χ3v) is 6.40. The van der Waals surface area contributed by atoms with Crippen molar-refractivity contribution in [2.75, 3.05) is 4.72 Å². The monoisotopic (exact) mass is 384 g/mol. The van der Waals surface area contributed by atoms with Crippen molar-refractivity contribution in [2.24, 2.45) is 7.05 Å². The first kappa shape index (κ1) is 17.9. The fourth-order valence-corrected chi connectivity index (χ4v) is 4.27. The largest absolute Gasteiger partial charge is 0.312 e. The lowest BCUT2D eigenvalue weighted by molar-refractivity contribution is 0.599. The molecule has 2 aromatic rings. The zero-order valence-corrected chi connectivity index (χ0v) is 15.4. The van der Waals surface area contributed by atoms with Gasteiger partial charge in [0.05, 0.1) is 10.9 Å². The Kier molecular flexibility index (Phi) is 4.64. The van der Waals surface area contributed by atoms with Crippen molar-refractivity contribution in [1.29, 1.82) is 0 Å². The summed E-state index contributed by atoms with van der Waals surface area (Å²) in [5.41, 5.74) is 1.26. The van der Waals surface area contributed by atoms with E-state index in [9.17, 15) is 17.6 Å². The molecule has 1 N–H and O–H groups in total. The van der Waals surface area contributed by atoms with Gasteiger partial charge < -0.3 is 4.57 Å². The fourth-order valence-electron chi connectivity index (χ4n) is 2.63. The van der Waals surface area contributed by atoms with Gasteiger partial charge in [-0.1, -0.05) is 23.7 Å². The predicted octanol–water partition coefficient (Wildman–Crippen LogP) is 2.98. The summed E-state index contributed by atoms with van der Waals surface area (Å²) >= 11 is 5.93. The van der Waals surface area contributed by atoms with Crippen LogP contribution in [0.1, 0.15) is 29.7 Å². The number of nitrogens with zero attached hydrogens (tertiary/aromatic N) is 1. The highest BCUT2D eigenvalue weighted by molar-refractivity contribution is 7.93. The molecule has 134 valence electrons. The number of aromatic nitrogens is 1. The normalized spacial score (nSPS) is 14.6. The minimum atomic E-state index is -3.54. The van der Waals surface area contributed by atoms with E-state index in [1.165, 1.54) is 23.7 Å². The number of nitrogens with one attached hydrogen (secondary N) is 1. The van der Waals surface area contributed by atoms with Crippen molar-refractivity contribution in [3.8, 4) is 0 Å². The average Bonchev–Trinajstić information content (AvgIpc) is 3.36. The topological polar surface area (TPSA) is 68.2 Å². The van der Waals surface area contributed by atoms with Gasteiger partial charge in [-0.25, -0.2) is 12.8 Å². The number of anilines is 1. The SMILES string of the molecule is Cc1ccc(Cc2c(NS(=O)(=O)C3CC3)cc(Cl)c(=O)n2C)c(F)c1. The number of sulfonamides is 1. The van der Waals surface area contributed by atoms with Gasteiger partial charge in [0, 0.05) is 19.2 Å². The van der Waals surface area contributed by atoms with E-state index in [4.69, 9.17) is 11.6 Å². The van der Waals surface area contributed by atoms with Crippen molar-refractivity contribution in [2.45, 2.75) is 31.4 Å². The lowest BCUT2D eigenvalue weighted by Crippen LogP contribution is -2.26. The summed E-state index contributed by atoms with van der Waals surface area (Å²) in [6, 6.07) is 6.09. The Bertz CT molecular complexity index is 998. The summed E-state index contributed by atoms with van der Waals surface area (Å²) in [6.07, 6.45) is 1.28. The lowest BCUT2D eigenvalue weighted by atomic mass is 10.1. The molecule has 0 amide bonds. The van der Waals surface area contributed by atoms with Crippen LogP contribution < -0.4 is 10.3 Å². The van der Waals surface area contributed by atoms with Gasteiger partial charge in [-0.05, 0) is 43.0 Å². The van der Waals surface area contributed by atoms with Gasteiger partial charge in [-0.2, -0.15) is 0 Å². The highest BCUT2D eigenvalue weighted by atomic mass is 35.5. The summed E-state index contributed by atoms with van der Waals surface area (Å²) in [5.74, 6) is -0.404. The first-order valence-electron chi connectivity index (χ1n) is 7.84. The summed E-state index contributed by atoms with van der Waals surface area (Å²) < 4.78 is 42.5. The molecule has 0 saturated heterocycles. The van der Waals surface area contributed by atoms with Crippen LogP contribution >= 0.6 is 11.6 Å². The molecule has 5 nitrogen and oxygen atoms in total. The number of halogens is 2. The molecule has 1 aliphatic carbocycles. The molecular formula is C17H18ClFN2O3S. The molecule has 0 unspecified atom stereocenters. The second-order valence-corrected chi connectivity index (χ2v) is 8.70. The average molecular weight is 385 g/mol. The molecule has 1 fully saturated rings. The number of pyridine rings is 1. The van der Waals surface area contributed by atoms with Crippen LogP contribution in [0.3, 0.4) is 0 Å². The molecule has 0 spiro atoms. The van der Waals surface area contributed by atoms with E-state index in [0.29, 0.717) is 24.1 Å². The number of aryl methyl sites for hydroxylation is 1. The highest BCUT2D eigenvalue weighted by Gasteiger charge is 2.36. The summed E-state index contributed by atoms with van der Waals surface area (Å²) in [4.78, 5) is 12.1. The fraction of sp³-hybridized carbons (Fsp3) is 0.353. The molecule has 1 aliphatic rings. The molecule has 1 saturated carbocycles. The lowest BCUT2D eigenvalue weighted by Gasteiger charge is -2.17. The van der Waals surface area contributed by atoms with Crippen LogP contribution in [-0.4, -0.2) is 18.2 Å². The van der Waals surface area contributed by atoms with Crippen molar-refractivity contribution in [1.82, 2.24) is 4.57 Å². The Balaban J connectivity index is 2.07. The Morgan fingerprint density at radius 1 is 1.32 bits per heavy atom. The van der Waals surface area contributed by atoms with E-state index in [1.807, 2.05) is 0 Å². The van der Waals surface area contributed by atoms with Gasteiger partial charge in [-0.3, -0.25) is 9.52 Å². The molecule has 1 heterocycles. The number of hydrogen-bond donors (Lipinski definition) is 1. The van der Waals surface area contributed by atoms with Crippen molar-refractivity contribution < 1.29 is 12.8 Å². The van der Waals surface area contributed by atoms with E-state index in [2.05, 4.69) is 4.72 Å². The second-order valence-electron chi connectivity index (χ2n) is 6.33. The van der Waals surface area contributed by atoms with Gasteiger partial charge in [0.25, 0.3) is 5.56 Å². The number of benzene rings is 1. The summed E-state index contributed by atoms with van der Waals surface area (Å²) in [5, 5.41) is -0.517. The van der Waals surface area contributed by atoms with E-state index in [1.54, 1.807) is 19.1 Å². The molecule has 1 aromatic heterocycles. The van der Waals surface area contributed by atoms with Crippen LogP contribution in [0.15, 0.2) is 29.1 Å². The minimum Gasteiger partial charge on any atom is -0.312 e. The van der Waals surface area contributed by atoms with Crippen LogP contribution in [0.4, 0.5) is 10.1 Å². The first-order valence-corrected chi connectivity index (χ1v) is 9.76. The maximum Gasteiger partial charge on any atom is 0.269 e. The van der Waals surface area contributed by atoms with Crippen molar-refractivity contribution in [3.05, 3.63) is 62.3 Å². The maximum absolute atomic E-state index is 14.2. The van der Waals surface area contributed by atoms with Crippen LogP contribution in [0.5, 0.6) is 0 Å². The minimum absolute atomic E-state index is 0.0670. The summed E-state index contributed by atoms with van der Waals surface area (Å²) in [7, 11) is -2.05. The van der Waals surface area contributed by atoms with Gasteiger partial charge in [0.1, 0.15) is 10.8 Å². The number of hydrogen-bond acceptors (Lipinski definition) is 3. The molecule has 0 radical (unpaired) electrons. The quantitative estimate of drug-likeness (QED) is 0.861. The van der Waals surface area contributed by atoms with Crippen LogP contribution in [0.25, 0.3) is 0 Å². The molecule has 0 bridgehead atoms. The summed E-state index contributed by atoms with van der Waals surface area (Å²) in [6.45, 7) is 1.78. The Hall–Kier alpha value is -1.86. The second kappa shape index (κ2) is 6.46. The van der Waals surface area contributed by atoms with E-state index in [-0.39, 0.29) is 17.1 Å². The zero-order valence-electron chi connectivity index (χ0n) is 13.8. The molecule has 0 aliphatic heterocycles. The predicted molar refractivity (Wildman–Crippen MR) is 96.2 cm³/mol. The molecular weight excluding hydrogens is 367 g/mol. The molecule has 3 rings (SSSR count). The van der Waals surface area contributed by atoms with Crippen LogP contribution in [-0.2, 0) is 23.5 Å². The number of rotatable bonds is 5. The van der Waals surface area contributed by atoms with E-state index < -0.39 is 26.6 Å². The van der Waals surface area contributed by atoms with Gasteiger partial charge in [-0.15, -0.1) is 0 Å². The van der Waals surface area contributed by atoms with Crippen molar-refractivity contribution in [3.63, 3.8) is 0 Å². The Labute approximate surface area is 150 Å². The third kappa shape index (κ3) is 3.72. The maximum atomic E-state index is 14.2. The van der Waals surface area contributed by atoms with Crippen molar-refractivity contribution >= 4 is 27.3 Å². The molecule has 25 heavy (non-hydrogen) atoms. The smallest absolute Gasteiger partial charge is 0.269 e. The standard InChI is InChI=1S/C17H18ClFN2O3S/c1-10-3-4-11(14(19)7-10)8-16-15(9-13(18)17(22)21(16)2)20-25(23,24)12-5-6-12/h3-4,7,9,12,20H,5-6,8H2,1-2H3. The first-order chi connectivity index (χ1) is 11.7. The molecule has 1 aromatic carbocycles. The van der Waals surface area contributed by atoms with Crippen LogP contribution in [0.2, 0.25) is 5.02 Å². The van der Waals surface area contributed by atoms with Gasteiger partial charge in [0.2, 0.25) is 10.0 Å². The Morgan fingerprint density at radius 3 is 2.60 bits per heavy atom. The van der Waals surface area contributed by atoms with Gasteiger partial charge >= 0.3 is 0 Å². The van der Waals surface area contributed by atoms with Gasteiger partial charge in [0.15, 0.2) is 0 Å².